The van der Waals surface area contributed by atoms with Gasteiger partial charge in [0.25, 0.3) is 0 Å². The Balaban J connectivity index is 0.00000280. The highest BCUT2D eigenvalue weighted by Crippen LogP contribution is 2.31. The summed E-state index contributed by atoms with van der Waals surface area (Å²) in [5.41, 5.74) is 1.35. The van der Waals surface area contributed by atoms with E-state index >= 15 is 0 Å². The molecule has 7 heteroatoms. The Hall–Kier alpha value is -0.570. The number of benzene rings is 1. The number of hydrogen-bond acceptors (Lipinski definition) is 3. The van der Waals surface area contributed by atoms with Crippen molar-refractivity contribution in [1.29, 1.82) is 0 Å². The van der Waals surface area contributed by atoms with Crippen LogP contribution >= 0.6 is 35.6 Å². The van der Waals surface area contributed by atoms with Gasteiger partial charge < -0.3 is 15.0 Å². The minimum Gasteiger partial charge on any atom is -0.381 e. The molecular formula is C21H34ClIN4O. The zero-order valence-electron chi connectivity index (χ0n) is 17.1. The van der Waals surface area contributed by atoms with Crippen LogP contribution < -0.4 is 5.32 Å². The van der Waals surface area contributed by atoms with E-state index < -0.39 is 0 Å². The molecule has 0 atom stereocenters. The normalized spacial score (nSPS) is 19.9. The first-order chi connectivity index (χ1) is 13.1. The Kier molecular flexibility index (Phi) is 9.80. The minimum absolute atomic E-state index is 0. The van der Waals surface area contributed by atoms with Crippen molar-refractivity contribution in [2.45, 2.75) is 44.7 Å². The van der Waals surface area contributed by atoms with Crippen molar-refractivity contribution >= 4 is 41.5 Å². The maximum Gasteiger partial charge on any atom is 0.194 e. The summed E-state index contributed by atoms with van der Waals surface area (Å²) in [5.74, 6) is 0.961. The van der Waals surface area contributed by atoms with Gasteiger partial charge in [-0.1, -0.05) is 23.7 Å². The third kappa shape index (κ3) is 6.21. The van der Waals surface area contributed by atoms with Crippen LogP contribution in [-0.4, -0.2) is 67.7 Å². The lowest BCUT2D eigenvalue weighted by Crippen LogP contribution is -2.54. The number of rotatable bonds is 6. The Bertz CT molecular complexity index is 631. The SMILES string of the molecule is CCNC(=NCC1(N2CCCC2)CCOCC1)N(C)Cc1cccc(Cl)c1.I. The molecule has 5 nitrogen and oxygen atoms in total. The van der Waals surface area contributed by atoms with Crippen LogP contribution in [0.25, 0.3) is 0 Å². The first kappa shape index (κ1) is 23.7. The van der Waals surface area contributed by atoms with Gasteiger partial charge in [-0.05, 0) is 63.4 Å². The molecule has 3 rings (SSSR count). The summed E-state index contributed by atoms with van der Waals surface area (Å²) in [7, 11) is 2.09. The van der Waals surface area contributed by atoms with E-state index in [1.807, 2.05) is 18.2 Å². The van der Waals surface area contributed by atoms with Gasteiger partial charge in [-0.3, -0.25) is 9.89 Å². The summed E-state index contributed by atoms with van der Waals surface area (Å²) in [6.07, 6.45) is 4.77. The summed E-state index contributed by atoms with van der Waals surface area (Å²) >= 11 is 6.14. The Labute approximate surface area is 191 Å². The van der Waals surface area contributed by atoms with Gasteiger partial charge in [0.15, 0.2) is 5.96 Å². The zero-order valence-corrected chi connectivity index (χ0v) is 20.2. The van der Waals surface area contributed by atoms with Crippen molar-refractivity contribution in [3.63, 3.8) is 0 Å². The molecule has 0 aliphatic carbocycles. The van der Waals surface area contributed by atoms with Crippen molar-refractivity contribution in [3.05, 3.63) is 34.9 Å². The smallest absolute Gasteiger partial charge is 0.194 e. The van der Waals surface area contributed by atoms with Crippen molar-refractivity contribution < 1.29 is 4.74 Å². The minimum atomic E-state index is 0. The van der Waals surface area contributed by atoms with E-state index in [1.54, 1.807) is 0 Å². The van der Waals surface area contributed by atoms with Crippen LogP contribution in [-0.2, 0) is 11.3 Å². The van der Waals surface area contributed by atoms with Crippen LogP contribution in [0.15, 0.2) is 29.3 Å². The lowest BCUT2D eigenvalue weighted by Gasteiger charge is -2.43. The van der Waals surface area contributed by atoms with Crippen molar-refractivity contribution in [1.82, 2.24) is 15.1 Å². The number of nitrogens with one attached hydrogen (secondary N) is 1. The fraction of sp³-hybridized carbons (Fsp3) is 0.667. The summed E-state index contributed by atoms with van der Waals surface area (Å²) in [6, 6.07) is 8.04. The molecule has 158 valence electrons. The average molecular weight is 521 g/mol. The molecule has 1 aromatic carbocycles. The summed E-state index contributed by atoms with van der Waals surface area (Å²) in [6.45, 7) is 8.69. The van der Waals surface area contributed by atoms with Gasteiger partial charge in [-0.15, -0.1) is 24.0 Å². The average Bonchev–Trinajstić information content (AvgIpc) is 3.21. The summed E-state index contributed by atoms with van der Waals surface area (Å²) in [5, 5.41) is 4.23. The second-order valence-electron chi connectivity index (χ2n) is 7.69. The number of halogens is 2. The quantitative estimate of drug-likeness (QED) is 0.350. The lowest BCUT2D eigenvalue weighted by molar-refractivity contribution is -0.0139. The second-order valence-corrected chi connectivity index (χ2v) is 8.12. The first-order valence-electron chi connectivity index (χ1n) is 10.2. The fourth-order valence-electron chi connectivity index (χ4n) is 4.19. The third-order valence-corrected chi connectivity index (χ3v) is 5.96. The van der Waals surface area contributed by atoms with Crippen LogP contribution in [0, 0.1) is 0 Å². The highest BCUT2D eigenvalue weighted by molar-refractivity contribution is 14.0. The first-order valence-corrected chi connectivity index (χ1v) is 10.6. The van der Waals surface area contributed by atoms with Gasteiger partial charge in [0, 0.05) is 43.9 Å². The molecule has 0 saturated carbocycles. The molecule has 2 aliphatic heterocycles. The van der Waals surface area contributed by atoms with E-state index in [2.05, 4.69) is 35.2 Å². The van der Waals surface area contributed by atoms with Crippen LogP contribution in [0.2, 0.25) is 5.02 Å². The molecule has 2 saturated heterocycles. The van der Waals surface area contributed by atoms with E-state index in [1.165, 1.54) is 31.5 Å². The molecule has 2 heterocycles. The number of likely N-dealkylation sites (tertiary alicyclic amines) is 1. The van der Waals surface area contributed by atoms with Gasteiger partial charge in [0.2, 0.25) is 0 Å². The number of aliphatic imine (C=N–C) groups is 1. The van der Waals surface area contributed by atoms with Gasteiger partial charge in [-0.2, -0.15) is 0 Å². The number of guanidine groups is 1. The predicted octanol–water partition coefficient (Wildman–Crippen LogP) is 4.00. The van der Waals surface area contributed by atoms with Gasteiger partial charge in [-0.25, -0.2) is 0 Å². The summed E-state index contributed by atoms with van der Waals surface area (Å²) < 4.78 is 5.66. The van der Waals surface area contributed by atoms with Crippen LogP contribution in [0.1, 0.15) is 38.2 Å². The molecule has 2 fully saturated rings. The largest absolute Gasteiger partial charge is 0.381 e. The second kappa shape index (κ2) is 11.6. The van der Waals surface area contributed by atoms with Crippen molar-refractivity contribution in [3.8, 4) is 0 Å². The van der Waals surface area contributed by atoms with Crippen LogP contribution in [0.5, 0.6) is 0 Å². The number of hydrogen-bond donors (Lipinski definition) is 1. The van der Waals surface area contributed by atoms with E-state index in [0.29, 0.717) is 0 Å². The number of nitrogens with zero attached hydrogens (tertiary/aromatic N) is 3. The van der Waals surface area contributed by atoms with Gasteiger partial charge in [0.1, 0.15) is 0 Å². The van der Waals surface area contributed by atoms with Crippen molar-refractivity contribution in [2.24, 2.45) is 4.99 Å². The van der Waals surface area contributed by atoms with E-state index in [4.69, 9.17) is 21.3 Å². The van der Waals surface area contributed by atoms with Crippen molar-refractivity contribution in [2.75, 3.05) is 46.4 Å². The topological polar surface area (TPSA) is 40.1 Å². The Morgan fingerprint density at radius 1 is 1.29 bits per heavy atom. The maximum atomic E-state index is 6.14. The zero-order chi connectivity index (χ0) is 19.1. The lowest BCUT2D eigenvalue weighted by atomic mass is 9.88. The summed E-state index contributed by atoms with van der Waals surface area (Å²) in [4.78, 5) is 9.93. The molecule has 28 heavy (non-hydrogen) atoms. The van der Waals surface area contributed by atoms with Gasteiger partial charge in [0.05, 0.1) is 6.54 Å². The fourth-order valence-corrected chi connectivity index (χ4v) is 4.41. The molecule has 0 spiro atoms. The van der Waals surface area contributed by atoms with Crippen LogP contribution in [0.4, 0.5) is 0 Å². The molecular weight excluding hydrogens is 487 g/mol. The molecule has 0 bridgehead atoms. The van der Waals surface area contributed by atoms with Gasteiger partial charge >= 0.3 is 0 Å². The molecule has 2 aliphatic rings. The highest BCUT2D eigenvalue weighted by atomic mass is 127. The molecule has 1 aromatic rings. The standard InChI is InChI=1S/C21H33ClN4O.HI/c1-3-23-20(25(2)16-18-7-6-8-19(22)15-18)24-17-21(9-13-27-14-10-21)26-11-4-5-12-26;/h6-8,15H,3-5,9-14,16-17H2,1-2H3,(H,23,24);1H. The van der Waals surface area contributed by atoms with E-state index in [-0.39, 0.29) is 29.5 Å². The predicted molar refractivity (Wildman–Crippen MR) is 128 cm³/mol. The molecule has 1 N–H and O–H groups in total. The number of ether oxygens (including phenoxy) is 1. The third-order valence-electron chi connectivity index (χ3n) is 5.73. The molecule has 0 unspecified atom stereocenters. The molecule has 0 amide bonds. The molecule has 0 radical (unpaired) electrons. The van der Waals surface area contributed by atoms with Crippen LogP contribution in [0.3, 0.4) is 0 Å². The maximum absolute atomic E-state index is 6.14. The Morgan fingerprint density at radius 3 is 2.64 bits per heavy atom. The molecule has 0 aromatic heterocycles. The highest BCUT2D eigenvalue weighted by Gasteiger charge is 2.39. The Morgan fingerprint density at radius 2 is 2.00 bits per heavy atom. The van der Waals surface area contributed by atoms with E-state index in [9.17, 15) is 0 Å². The van der Waals surface area contributed by atoms with E-state index in [0.717, 1.165) is 56.7 Å². The monoisotopic (exact) mass is 520 g/mol.